The predicted octanol–water partition coefficient (Wildman–Crippen LogP) is 2.10. The number of fused-ring (bicyclic) bond motifs is 1. The summed E-state index contributed by atoms with van der Waals surface area (Å²) in [4.78, 5) is 35.4. The van der Waals surface area contributed by atoms with Gasteiger partial charge in [-0.2, -0.15) is 0 Å². The molecule has 1 aliphatic heterocycles. The number of rotatable bonds is 2. The van der Waals surface area contributed by atoms with Gasteiger partial charge in [-0.15, -0.1) is 0 Å². The summed E-state index contributed by atoms with van der Waals surface area (Å²) >= 11 is 0. The van der Waals surface area contributed by atoms with Crippen LogP contribution in [0.15, 0.2) is 42.5 Å². The number of phenolic OH excluding ortho intramolecular Hbond substituents is 1. The highest BCUT2D eigenvalue weighted by Crippen LogP contribution is 2.33. The van der Waals surface area contributed by atoms with Gasteiger partial charge in [0, 0.05) is 12.1 Å². The third-order valence-corrected chi connectivity index (χ3v) is 3.15. The van der Waals surface area contributed by atoms with Crippen molar-refractivity contribution in [2.75, 3.05) is 4.90 Å². The van der Waals surface area contributed by atoms with Crippen LogP contribution in [0.5, 0.6) is 5.75 Å². The average Bonchev–Trinajstić information content (AvgIpc) is 2.71. The van der Waals surface area contributed by atoms with Crippen LogP contribution < -0.4 is 4.90 Å². The zero-order valence-electron chi connectivity index (χ0n) is 10.5. The van der Waals surface area contributed by atoms with Crippen molar-refractivity contribution in [1.82, 2.24) is 0 Å². The van der Waals surface area contributed by atoms with Crippen molar-refractivity contribution in [2.24, 2.45) is 0 Å². The zero-order valence-corrected chi connectivity index (χ0v) is 10.5. The molecular formula is C14H8N2O5. The first-order valence-corrected chi connectivity index (χ1v) is 5.95. The van der Waals surface area contributed by atoms with Gasteiger partial charge in [-0.25, -0.2) is 4.90 Å². The molecule has 7 nitrogen and oxygen atoms in total. The summed E-state index contributed by atoms with van der Waals surface area (Å²) < 4.78 is 0. The predicted molar refractivity (Wildman–Crippen MR) is 72.3 cm³/mol. The molecule has 1 aliphatic rings. The van der Waals surface area contributed by atoms with Crippen LogP contribution in [0.4, 0.5) is 11.4 Å². The molecule has 21 heavy (non-hydrogen) atoms. The highest BCUT2D eigenvalue weighted by atomic mass is 16.6. The number of non-ortho nitro benzene ring substituents is 1. The number of anilines is 1. The van der Waals surface area contributed by atoms with Crippen molar-refractivity contribution in [1.29, 1.82) is 0 Å². The molecule has 104 valence electrons. The Labute approximate surface area is 118 Å². The van der Waals surface area contributed by atoms with E-state index in [0.29, 0.717) is 0 Å². The van der Waals surface area contributed by atoms with Gasteiger partial charge in [0.25, 0.3) is 17.5 Å². The Balaban J connectivity index is 2.13. The molecule has 0 aromatic heterocycles. The Morgan fingerprint density at radius 3 is 2.10 bits per heavy atom. The SMILES string of the molecule is O=C1c2ccccc2C(=O)N1c1cc(O)cc([N+](=O)[O-])c1. The van der Waals surface area contributed by atoms with Gasteiger partial charge in [-0.3, -0.25) is 19.7 Å². The second-order valence-corrected chi connectivity index (χ2v) is 4.46. The van der Waals surface area contributed by atoms with E-state index in [1.54, 1.807) is 12.1 Å². The third-order valence-electron chi connectivity index (χ3n) is 3.15. The molecule has 0 unspecified atom stereocenters. The van der Waals surface area contributed by atoms with Gasteiger partial charge >= 0.3 is 0 Å². The molecule has 7 heteroatoms. The van der Waals surface area contributed by atoms with Crippen LogP contribution in [0.1, 0.15) is 20.7 Å². The Kier molecular flexibility index (Phi) is 2.69. The zero-order chi connectivity index (χ0) is 15.1. The number of carbonyl (C=O) groups excluding carboxylic acids is 2. The topological polar surface area (TPSA) is 101 Å². The molecule has 2 aromatic carbocycles. The quantitative estimate of drug-likeness (QED) is 0.517. The number of amides is 2. The molecule has 2 aromatic rings. The summed E-state index contributed by atoms with van der Waals surface area (Å²) in [6, 6.07) is 9.41. The number of phenols is 1. The maximum absolute atomic E-state index is 12.3. The van der Waals surface area contributed by atoms with Gasteiger partial charge < -0.3 is 5.11 Å². The fraction of sp³-hybridized carbons (Fsp3) is 0. The van der Waals surface area contributed by atoms with E-state index in [-0.39, 0.29) is 16.8 Å². The normalized spacial score (nSPS) is 13.4. The molecule has 3 rings (SSSR count). The summed E-state index contributed by atoms with van der Waals surface area (Å²) in [6.07, 6.45) is 0. The van der Waals surface area contributed by atoms with Crippen LogP contribution in [0.2, 0.25) is 0 Å². The average molecular weight is 284 g/mol. The van der Waals surface area contributed by atoms with Crippen molar-refractivity contribution in [3.05, 3.63) is 63.7 Å². The monoisotopic (exact) mass is 284 g/mol. The molecule has 0 bridgehead atoms. The van der Waals surface area contributed by atoms with Gasteiger partial charge in [0.05, 0.1) is 27.8 Å². The second kappa shape index (κ2) is 4.41. The highest BCUT2D eigenvalue weighted by molar-refractivity contribution is 6.34. The standard InChI is InChI=1S/C14H8N2O5/c17-10-6-8(5-9(7-10)16(20)21)15-13(18)11-3-1-2-4-12(11)14(15)19/h1-7,17H. The first-order valence-electron chi connectivity index (χ1n) is 5.95. The molecule has 0 aliphatic carbocycles. The van der Waals surface area contributed by atoms with Crippen LogP contribution in [0, 0.1) is 10.1 Å². The van der Waals surface area contributed by atoms with Crippen LogP contribution in [0.3, 0.4) is 0 Å². The Hall–Kier alpha value is -3.22. The number of hydrogen-bond donors (Lipinski definition) is 1. The minimum atomic E-state index is -0.707. The molecule has 0 atom stereocenters. The fourth-order valence-corrected chi connectivity index (χ4v) is 2.24. The lowest BCUT2D eigenvalue weighted by Gasteiger charge is -2.13. The number of imide groups is 1. The summed E-state index contributed by atoms with van der Waals surface area (Å²) in [5, 5.41) is 20.3. The van der Waals surface area contributed by atoms with Crippen molar-refractivity contribution in [3.63, 3.8) is 0 Å². The number of carbonyl (C=O) groups is 2. The van der Waals surface area contributed by atoms with E-state index in [9.17, 15) is 24.8 Å². The van der Waals surface area contributed by atoms with Crippen LogP contribution in [-0.4, -0.2) is 21.8 Å². The molecule has 0 saturated heterocycles. The van der Waals surface area contributed by atoms with Gasteiger partial charge in [-0.05, 0) is 12.1 Å². The number of hydrogen-bond acceptors (Lipinski definition) is 5. The van der Waals surface area contributed by atoms with Crippen molar-refractivity contribution >= 4 is 23.2 Å². The summed E-state index contributed by atoms with van der Waals surface area (Å²) in [5.74, 6) is -1.54. The van der Waals surface area contributed by atoms with Gasteiger partial charge in [0.1, 0.15) is 5.75 Å². The van der Waals surface area contributed by atoms with E-state index in [1.165, 1.54) is 12.1 Å². The second-order valence-electron chi connectivity index (χ2n) is 4.46. The molecule has 1 N–H and O–H groups in total. The number of aromatic hydroxyl groups is 1. The summed E-state index contributed by atoms with van der Waals surface area (Å²) in [6.45, 7) is 0. The highest BCUT2D eigenvalue weighted by Gasteiger charge is 2.37. The number of nitrogens with zero attached hydrogens (tertiary/aromatic N) is 2. The minimum absolute atomic E-state index is 0.0344. The molecule has 1 heterocycles. The Morgan fingerprint density at radius 1 is 1.00 bits per heavy atom. The van der Waals surface area contributed by atoms with E-state index in [0.717, 1.165) is 23.1 Å². The lowest BCUT2D eigenvalue weighted by Crippen LogP contribution is -2.29. The van der Waals surface area contributed by atoms with Gasteiger partial charge in [0.15, 0.2) is 0 Å². The minimum Gasteiger partial charge on any atom is -0.508 e. The lowest BCUT2D eigenvalue weighted by atomic mass is 10.1. The molecule has 0 saturated carbocycles. The van der Waals surface area contributed by atoms with E-state index in [1.807, 2.05) is 0 Å². The number of nitro benzene ring substituents is 1. The summed E-state index contributed by atoms with van der Waals surface area (Å²) in [7, 11) is 0. The largest absolute Gasteiger partial charge is 0.508 e. The smallest absolute Gasteiger partial charge is 0.275 e. The molecule has 2 amide bonds. The maximum Gasteiger partial charge on any atom is 0.275 e. The fourth-order valence-electron chi connectivity index (χ4n) is 2.24. The van der Waals surface area contributed by atoms with Crippen LogP contribution in [-0.2, 0) is 0 Å². The van der Waals surface area contributed by atoms with E-state index in [2.05, 4.69) is 0 Å². The Bertz CT molecular complexity index is 765. The van der Waals surface area contributed by atoms with Crippen LogP contribution >= 0.6 is 0 Å². The van der Waals surface area contributed by atoms with E-state index >= 15 is 0 Å². The summed E-state index contributed by atoms with van der Waals surface area (Å²) in [5.41, 5.74) is 0.0245. The van der Waals surface area contributed by atoms with Crippen molar-refractivity contribution in [2.45, 2.75) is 0 Å². The van der Waals surface area contributed by atoms with E-state index < -0.39 is 28.2 Å². The first-order chi connectivity index (χ1) is 9.99. The lowest BCUT2D eigenvalue weighted by molar-refractivity contribution is -0.384. The molecule has 0 radical (unpaired) electrons. The molecular weight excluding hydrogens is 276 g/mol. The van der Waals surface area contributed by atoms with Gasteiger partial charge in [0.2, 0.25) is 0 Å². The maximum atomic E-state index is 12.3. The van der Waals surface area contributed by atoms with Crippen LogP contribution in [0.25, 0.3) is 0 Å². The number of nitro groups is 1. The van der Waals surface area contributed by atoms with E-state index in [4.69, 9.17) is 0 Å². The molecule has 0 fully saturated rings. The third kappa shape index (κ3) is 1.91. The Morgan fingerprint density at radius 2 is 1.57 bits per heavy atom. The first kappa shape index (κ1) is 12.8. The van der Waals surface area contributed by atoms with Crippen molar-refractivity contribution < 1.29 is 19.6 Å². The molecule has 0 spiro atoms. The van der Waals surface area contributed by atoms with Crippen molar-refractivity contribution in [3.8, 4) is 5.75 Å². The number of benzene rings is 2. The van der Waals surface area contributed by atoms with Gasteiger partial charge in [-0.1, -0.05) is 12.1 Å².